The van der Waals surface area contributed by atoms with Gasteiger partial charge in [-0.3, -0.25) is 4.79 Å². The Hall–Kier alpha value is -2.01. The first-order valence-electron chi connectivity index (χ1n) is 7.51. The van der Waals surface area contributed by atoms with Crippen LogP contribution in [0.2, 0.25) is 0 Å². The van der Waals surface area contributed by atoms with Gasteiger partial charge in [-0.2, -0.15) is 0 Å². The lowest BCUT2D eigenvalue weighted by Crippen LogP contribution is -2.33. The van der Waals surface area contributed by atoms with E-state index in [1.807, 2.05) is 30.3 Å². The van der Waals surface area contributed by atoms with Gasteiger partial charge < -0.3 is 5.73 Å². The Balaban J connectivity index is 1.90. The molecule has 5 heteroatoms. The lowest BCUT2D eigenvalue weighted by molar-refractivity contribution is 0.0821. The summed E-state index contributed by atoms with van der Waals surface area (Å²) in [6.45, 7) is 0.573. The van der Waals surface area contributed by atoms with E-state index >= 15 is 0 Å². The van der Waals surface area contributed by atoms with Gasteiger partial charge in [-0.15, -0.1) is 5.10 Å². The maximum atomic E-state index is 12.9. The Labute approximate surface area is 124 Å². The molecule has 2 atom stereocenters. The van der Waals surface area contributed by atoms with Gasteiger partial charge in [0, 0.05) is 5.92 Å². The van der Waals surface area contributed by atoms with Crippen LogP contribution in [0.4, 0.5) is 0 Å². The van der Waals surface area contributed by atoms with Crippen LogP contribution in [-0.2, 0) is 0 Å². The fourth-order valence-electron chi connectivity index (χ4n) is 3.19. The number of nitrogens with zero attached hydrogens (tertiary/aromatic N) is 3. The highest BCUT2D eigenvalue weighted by atomic mass is 16.1. The first-order chi connectivity index (χ1) is 10.3. The molecule has 2 unspecified atom stereocenters. The molecule has 1 aliphatic carbocycles. The summed E-state index contributed by atoms with van der Waals surface area (Å²) in [5.74, 6) is 0.411. The molecule has 0 bridgehead atoms. The minimum Gasteiger partial charge on any atom is -0.330 e. The van der Waals surface area contributed by atoms with Crippen LogP contribution < -0.4 is 5.73 Å². The van der Waals surface area contributed by atoms with Crippen LogP contribution in [0.15, 0.2) is 36.5 Å². The maximum Gasteiger partial charge on any atom is 0.186 e. The van der Waals surface area contributed by atoms with Crippen LogP contribution in [0.1, 0.15) is 36.2 Å². The van der Waals surface area contributed by atoms with E-state index in [0.717, 1.165) is 24.9 Å². The average Bonchev–Trinajstić information content (AvgIpc) is 3.04. The number of Topliss-reactive ketones (excluding diaryl/α,β-unsaturated/α-hetero) is 1. The van der Waals surface area contributed by atoms with Crippen LogP contribution in [0.25, 0.3) is 5.69 Å². The van der Waals surface area contributed by atoms with Crippen LogP contribution in [0.3, 0.4) is 0 Å². The second-order valence-electron chi connectivity index (χ2n) is 5.62. The van der Waals surface area contributed by atoms with Gasteiger partial charge in [0.2, 0.25) is 0 Å². The Kier molecular flexibility index (Phi) is 4.10. The van der Waals surface area contributed by atoms with Crippen molar-refractivity contribution < 1.29 is 4.79 Å². The summed E-state index contributed by atoms with van der Waals surface area (Å²) >= 11 is 0. The van der Waals surface area contributed by atoms with Crippen LogP contribution >= 0.6 is 0 Å². The van der Waals surface area contributed by atoms with E-state index in [1.54, 1.807) is 10.9 Å². The average molecular weight is 284 g/mol. The van der Waals surface area contributed by atoms with E-state index in [4.69, 9.17) is 5.73 Å². The van der Waals surface area contributed by atoms with Gasteiger partial charge in [-0.05, 0) is 37.4 Å². The number of benzene rings is 1. The molecule has 1 fully saturated rings. The van der Waals surface area contributed by atoms with Gasteiger partial charge >= 0.3 is 0 Å². The third-order valence-corrected chi connectivity index (χ3v) is 4.35. The lowest BCUT2D eigenvalue weighted by atomic mass is 9.76. The minimum absolute atomic E-state index is 0.00436. The number of rotatable bonds is 4. The second-order valence-corrected chi connectivity index (χ2v) is 5.62. The van der Waals surface area contributed by atoms with Gasteiger partial charge in [0.25, 0.3) is 0 Å². The monoisotopic (exact) mass is 284 g/mol. The summed E-state index contributed by atoms with van der Waals surface area (Å²) < 4.78 is 1.63. The van der Waals surface area contributed by atoms with Crippen molar-refractivity contribution in [3.05, 3.63) is 42.2 Å². The number of aromatic nitrogens is 3. The number of hydrogen-bond donors (Lipinski definition) is 1. The molecule has 1 aromatic carbocycles. The largest absolute Gasteiger partial charge is 0.330 e. The van der Waals surface area contributed by atoms with Crippen LogP contribution in [0, 0.1) is 11.8 Å². The molecule has 0 spiro atoms. The van der Waals surface area contributed by atoms with Crippen molar-refractivity contribution in [1.29, 1.82) is 0 Å². The molecule has 3 rings (SSSR count). The zero-order chi connectivity index (χ0) is 14.7. The summed E-state index contributed by atoms with van der Waals surface area (Å²) in [6.07, 6.45) is 5.79. The predicted octanol–water partition coefficient (Wildman–Crippen LogP) is 2.22. The van der Waals surface area contributed by atoms with Crippen LogP contribution in [0.5, 0.6) is 0 Å². The number of carbonyl (C=O) groups is 1. The van der Waals surface area contributed by atoms with Crippen LogP contribution in [-0.4, -0.2) is 27.3 Å². The first-order valence-corrected chi connectivity index (χ1v) is 7.51. The van der Waals surface area contributed by atoms with E-state index in [9.17, 15) is 4.79 Å². The number of hydrogen-bond acceptors (Lipinski definition) is 4. The topological polar surface area (TPSA) is 73.8 Å². The highest BCUT2D eigenvalue weighted by Gasteiger charge is 2.32. The molecule has 1 aliphatic rings. The maximum absolute atomic E-state index is 12.9. The molecule has 0 amide bonds. The molecule has 1 heterocycles. The second kappa shape index (κ2) is 6.18. The highest BCUT2D eigenvalue weighted by Crippen LogP contribution is 2.32. The minimum atomic E-state index is 0.00436. The summed E-state index contributed by atoms with van der Waals surface area (Å²) in [7, 11) is 0. The standard InChI is InChI=1S/C16H20N4O/c17-10-12-6-4-5-9-14(12)16(21)15-11-18-19-20(15)13-7-2-1-3-8-13/h1-3,7-8,11-12,14H,4-6,9-10,17H2. The molecule has 0 aliphatic heterocycles. The molecule has 2 N–H and O–H groups in total. The first kappa shape index (κ1) is 13.9. The number of carbonyl (C=O) groups excluding carboxylic acids is 1. The van der Waals surface area contributed by atoms with Gasteiger partial charge in [-0.25, -0.2) is 4.68 Å². The van der Waals surface area contributed by atoms with Gasteiger partial charge in [0.05, 0.1) is 11.9 Å². The number of nitrogens with two attached hydrogens (primary N) is 1. The van der Waals surface area contributed by atoms with Crippen molar-refractivity contribution in [1.82, 2.24) is 15.0 Å². The summed E-state index contributed by atoms with van der Waals surface area (Å²) in [5, 5.41) is 7.99. The SMILES string of the molecule is NCC1CCCCC1C(=O)c1cnnn1-c1ccccc1. The quantitative estimate of drug-likeness (QED) is 0.874. The normalized spacial score (nSPS) is 22.1. The van der Waals surface area contributed by atoms with E-state index in [2.05, 4.69) is 10.3 Å². The molecule has 21 heavy (non-hydrogen) atoms. The fraction of sp³-hybridized carbons (Fsp3) is 0.438. The van der Waals surface area contributed by atoms with Crippen molar-refractivity contribution in [3.8, 4) is 5.69 Å². The Morgan fingerprint density at radius 3 is 2.76 bits per heavy atom. The van der Waals surface area contributed by atoms with Crippen molar-refractivity contribution in [2.45, 2.75) is 25.7 Å². The zero-order valence-electron chi connectivity index (χ0n) is 12.0. The summed E-state index contributed by atoms with van der Waals surface area (Å²) in [6, 6.07) is 9.64. The van der Waals surface area contributed by atoms with Crippen molar-refractivity contribution in [2.75, 3.05) is 6.54 Å². The van der Waals surface area contributed by atoms with Crippen molar-refractivity contribution in [2.24, 2.45) is 17.6 Å². The summed E-state index contributed by atoms with van der Waals surface area (Å²) in [4.78, 5) is 12.9. The van der Waals surface area contributed by atoms with Gasteiger partial charge in [0.15, 0.2) is 5.78 Å². The molecule has 0 saturated heterocycles. The Morgan fingerprint density at radius 2 is 2.00 bits per heavy atom. The fourth-order valence-corrected chi connectivity index (χ4v) is 3.19. The lowest BCUT2D eigenvalue weighted by Gasteiger charge is -2.29. The zero-order valence-corrected chi connectivity index (χ0v) is 12.0. The molecule has 110 valence electrons. The molecular formula is C16H20N4O. The molecular weight excluding hydrogens is 264 g/mol. The third-order valence-electron chi connectivity index (χ3n) is 4.35. The van der Waals surface area contributed by atoms with Gasteiger partial charge in [0.1, 0.15) is 5.69 Å². The number of para-hydroxylation sites is 1. The summed E-state index contributed by atoms with van der Waals surface area (Å²) in [5.41, 5.74) is 7.27. The molecule has 2 aromatic rings. The van der Waals surface area contributed by atoms with Crippen molar-refractivity contribution >= 4 is 5.78 Å². The van der Waals surface area contributed by atoms with E-state index in [0.29, 0.717) is 12.2 Å². The Morgan fingerprint density at radius 1 is 1.24 bits per heavy atom. The molecule has 1 saturated carbocycles. The third kappa shape index (κ3) is 2.74. The van der Waals surface area contributed by atoms with E-state index < -0.39 is 0 Å². The van der Waals surface area contributed by atoms with E-state index in [1.165, 1.54) is 6.42 Å². The molecule has 1 aromatic heterocycles. The Bertz CT molecular complexity index is 608. The smallest absolute Gasteiger partial charge is 0.186 e. The predicted molar refractivity (Wildman–Crippen MR) is 80.2 cm³/mol. The van der Waals surface area contributed by atoms with Crippen molar-refractivity contribution in [3.63, 3.8) is 0 Å². The highest BCUT2D eigenvalue weighted by molar-refractivity contribution is 5.96. The van der Waals surface area contributed by atoms with Gasteiger partial charge in [-0.1, -0.05) is 36.3 Å². The number of ketones is 1. The molecule has 0 radical (unpaired) electrons. The van der Waals surface area contributed by atoms with E-state index in [-0.39, 0.29) is 17.6 Å². The molecule has 5 nitrogen and oxygen atoms in total.